The van der Waals surface area contributed by atoms with Gasteiger partial charge in [0.15, 0.2) is 0 Å². The minimum Gasteiger partial charge on any atom is -0.488 e. The van der Waals surface area contributed by atoms with Crippen LogP contribution in [-0.4, -0.2) is 30.1 Å². The van der Waals surface area contributed by atoms with Gasteiger partial charge >= 0.3 is 5.97 Å². The van der Waals surface area contributed by atoms with Crippen molar-refractivity contribution in [3.05, 3.63) is 35.4 Å². The first-order chi connectivity index (χ1) is 9.08. The number of carboxylic acids is 1. The number of para-hydroxylation sites is 1. The summed E-state index contributed by atoms with van der Waals surface area (Å²) in [6.45, 7) is 1.85. The van der Waals surface area contributed by atoms with Gasteiger partial charge in [0.2, 0.25) is 0 Å². The molecular formula is C14H15NO4. The van der Waals surface area contributed by atoms with E-state index in [1.54, 1.807) is 13.0 Å². The van der Waals surface area contributed by atoms with Crippen LogP contribution in [-0.2, 0) is 9.59 Å². The summed E-state index contributed by atoms with van der Waals surface area (Å²) in [5.41, 5.74) is 1.35. The Kier molecular flexibility index (Phi) is 3.85. The van der Waals surface area contributed by atoms with Crippen molar-refractivity contribution in [2.75, 3.05) is 13.2 Å². The fraction of sp³-hybridized carbons (Fsp3) is 0.286. The van der Waals surface area contributed by atoms with Crippen molar-refractivity contribution >= 4 is 18.0 Å². The monoisotopic (exact) mass is 261 g/mol. The lowest BCUT2D eigenvalue weighted by Gasteiger charge is -2.17. The van der Waals surface area contributed by atoms with Gasteiger partial charge in [-0.25, -0.2) is 0 Å². The molecule has 1 aromatic rings. The second-order valence-corrected chi connectivity index (χ2v) is 4.45. The Labute approximate surface area is 110 Å². The summed E-state index contributed by atoms with van der Waals surface area (Å²) in [5.74, 6) is -1.08. The van der Waals surface area contributed by atoms with E-state index in [1.807, 2.05) is 24.3 Å². The van der Waals surface area contributed by atoms with Gasteiger partial charge in [-0.05, 0) is 12.1 Å². The van der Waals surface area contributed by atoms with E-state index >= 15 is 0 Å². The summed E-state index contributed by atoms with van der Waals surface area (Å²) in [4.78, 5) is 22.5. The normalized spacial score (nSPS) is 14.7. The highest BCUT2D eigenvalue weighted by Gasteiger charge is 2.18. The molecule has 1 amide bonds. The molecule has 0 saturated carbocycles. The van der Waals surface area contributed by atoms with Crippen LogP contribution in [0.5, 0.6) is 5.75 Å². The van der Waals surface area contributed by atoms with Gasteiger partial charge in [0.1, 0.15) is 12.4 Å². The van der Waals surface area contributed by atoms with E-state index in [2.05, 4.69) is 5.32 Å². The number of ether oxygens (including phenoxy) is 1. The summed E-state index contributed by atoms with van der Waals surface area (Å²) in [6, 6.07) is 7.44. The molecule has 1 aliphatic rings. The highest BCUT2D eigenvalue weighted by Crippen LogP contribution is 2.25. The minimum atomic E-state index is -0.931. The SMILES string of the molecule is C[C@@H](CNC(=O)C1=Cc2ccccc2OC1)C(=O)O. The van der Waals surface area contributed by atoms with Gasteiger partial charge < -0.3 is 15.2 Å². The van der Waals surface area contributed by atoms with E-state index in [1.165, 1.54) is 0 Å². The molecule has 0 radical (unpaired) electrons. The molecule has 0 aromatic heterocycles. The lowest BCUT2D eigenvalue weighted by Crippen LogP contribution is -2.34. The molecule has 1 aliphatic heterocycles. The fourth-order valence-electron chi connectivity index (χ4n) is 1.69. The van der Waals surface area contributed by atoms with E-state index in [0.29, 0.717) is 5.57 Å². The highest BCUT2D eigenvalue weighted by atomic mass is 16.5. The maximum absolute atomic E-state index is 11.9. The molecule has 1 aromatic carbocycles. The number of amides is 1. The van der Waals surface area contributed by atoms with Crippen LogP contribution in [0, 0.1) is 5.92 Å². The molecule has 0 bridgehead atoms. The van der Waals surface area contributed by atoms with Gasteiger partial charge in [-0.2, -0.15) is 0 Å². The Morgan fingerprint density at radius 3 is 2.89 bits per heavy atom. The number of rotatable bonds is 4. The third-order valence-corrected chi connectivity index (χ3v) is 2.91. The zero-order valence-electron chi connectivity index (χ0n) is 10.6. The molecule has 0 unspecified atom stereocenters. The number of hydrogen-bond donors (Lipinski definition) is 2. The summed E-state index contributed by atoms with van der Waals surface area (Å²) in [7, 11) is 0. The van der Waals surface area contributed by atoms with Crippen LogP contribution in [0.25, 0.3) is 6.08 Å². The van der Waals surface area contributed by atoms with Crippen molar-refractivity contribution in [2.45, 2.75) is 6.92 Å². The van der Waals surface area contributed by atoms with Crippen LogP contribution < -0.4 is 10.1 Å². The predicted molar refractivity (Wildman–Crippen MR) is 69.7 cm³/mol. The first-order valence-electron chi connectivity index (χ1n) is 6.01. The molecule has 1 heterocycles. The molecule has 2 rings (SSSR count). The van der Waals surface area contributed by atoms with Crippen molar-refractivity contribution in [3.63, 3.8) is 0 Å². The van der Waals surface area contributed by atoms with Crippen LogP contribution >= 0.6 is 0 Å². The van der Waals surface area contributed by atoms with Gasteiger partial charge in [-0.1, -0.05) is 25.1 Å². The number of hydrogen-bond acceptors (Lipinski definition) is 3. The standard InChI is InChI=1S/C14H15NO4/c1-9(14(17)18)7-15-13(16)11-6-10-4-2-3-5-12(10)19-8-11/h2-6,9H,7-8H2,1H3,(H,15,16)(H,17,18)/t9-/m0/s1. The maximum Gasteiger partial charge on any atom is 0.308 e. The molecular weight excluding hydrogens is 246 g/mol. The van der Waals surface area contributed by atoms with Gasteiger partial charge in [-0.3, -0.25) is 9.59 Å². The molecule has 1 atom stereocenters. The topological polar surface area (TPSA) is 75.6 Å². The maximum atomic E-state index is 11.9. The van der Waals surface area contributed by atoms with Crippen molar-refractivity contribution < 1.29 is 19.4 Å². The van der Waals surface area contributed by atoms with E-state index in [4.69, 9.17) is 9.84 Å². The molecule has 5 heteroatoms. The Bertz CT molecular complexity index is 536. The smallest absolute Gasteiger partial charge is 0.308 e. The van der Waals surface area contributed by atoms with Gasteiger partial charge in [-0.15, -0.1) is 0 Å². The minimum absolute atomic E-state index is 0.104. The largest absolute Gasteiger partial charge is 0.488 e. The Hall–Kier alpha value is -2.30. The molecule has 2 N–H and O–H groups in total. The second kappa shape index (κ2) is 5.56. The molecule has 0 spiro atoms. The molecule has 100 valence electrons. The van der Waals surface area contributed by atoms with E-state index in [9.17, 15) is 9.59 Å². The number of fused-ring (bicyclic) bond motifs is 1. The number of aliphatic carboxylic acids is 1. The van der Waals surface area contributed by atoms with Crippen molar-refractivity contribution in [1.29, 1.82) is 0 Å². The number of carboxylic acid groups (broad SMARTS) is 1. The number of benzene rings is 1. The fourth-order valence-corrected chi connectivity index (χ4v) is 1.69. The number of carbonyl (C=O) groups excluding carboxylic acids is 1. The van der Waals surface area contributed by atoms with E-state index in [0.717, 1.165) is 11.3 Å². The van der Waals surface area contributed by atoms with Gasteiger partial charge in [0, 0.05) is 12.1 Å². The van der Waals surface area contributed by atoms with Crippen molar-refractivity contribution in [1.82, 2.24) is 5.32 Å². The third-order valence-electron chi connectivity index (χ3n) is 2.91. The summed E-state index contributed by atoms with van der Waals surface area (Å²) in [5, 5.41) is 11.3. The van der Waals surface area contributed by atoms with Gasteiger partial charge in [0.05, 0.1) is 11.5 Å². The van der Waals surface area contributed by atoms with Crippen LogP contribution in [0.2, 0.25) is 0 Å². The molecule has 19 heavy (non-hydrogen) atoms. The van der Waals surface area contributed by atoms with Crippen molar-refractivity contribution in [3.8, 4) is 5.75 Å². The predicted octanol–water partition coefficient (Wildman–Crippen LogP) is 1.30. The molecule has 0 aliphatic carbocycles. The zero-order valence-corrected chi connectivity index (χ0v) is 10.6. The lowest BCUT2D eigenvalue weighted by atomic mass is 10.1. The quantitative estimate of drug-likeness (QED) is 0.856. The highest BCUT2D eigenvalue weighted by molar-refractivity contribution is 5.99. The summed E-state index contributed by atoms with van der Waals surface area (Å²) < 4.78 is 5.47. The number of nitrogens with one attached hydrogen (secondary N) is 1. The van der Waals surface area contributed by atoms with Crippen LogP contribution in [0.4, 0.5) is 0 Å². The first-order valence-corrected chi connectivity index (χ1v) is 6.01. The summed E-state index contributed by atoms with van der Waals surface area (Å²) >= 11 is 0. The Morgan fingerprint density at radius 2 is 2.16 bits per heavy atom. The van der Waals surface area contributed by atoms with Crippen LogP contribution in [0.1, 0.15) is 12.5 Å². The van der Waals surface area contributed by atoms with E-state index in [-0.39, 0.29) is 19.1 Å². The lowest BCUT2D eigenvalue weighted by molar-refractivity contribution is -0.141. The first kappa shape index (κ1) is 13.1. The molecule has 0 fully saturated rings. The molecule has 5 nitrogen and oxygen atoms in total. The number of carbonyl (C=O) groups is 2. The van der Waals surface area contributed by atoms with Crippen molar-refractivity contribution in [2.24, 2.45) is 5.92 Å². The second-order valence-electron chi connectivity index (χ2n) is 4.45. The average molecular weight is 261 g/mol. The van der Waals surface area contributed by atoms with Gasteiger partial charge in [0.25, 0.3) is 5.91 Å². The van der Waals surface area contributed by atoms with Crippen LogP contribution in [0.15, 0.2) is 29.8 Å². The van der Waals surface area contributed by atoms with E-state index < -0.39 is 11.9 Å². The van der Waals surface area contributed by atoms with Crippen LogP contribution in [0.3, 0.4) is 0 Å². The summed E-state index contributed by atoms with van der Waals surface area (Å²) in [6.07, 6.45) is 1.76. The molecule has 0 saturated heterocycles. The average Bonchev–Trinajstić information content (AvgIpc) is 2.43. The Morgan fingerprint density at radius 1 is 1.42 bits per heavy atom. The third kappa shape index (κ3) is 3.13. The zero-order chi connectivity index (χ0) is 13.8. The Balaban J connectivity index is 2.02.